The van der Waals surface area contributed by atoms with Crippen LogP contribution in [0.25, 0.3) is 0 Å². The lowest BCUT2D eigenvalue weighted by Crippen LogP contribution is -2.52. The summed E-state index contributed by atoms with van der Waals surface area (Å²) < 4.78 is 26.1. The monoisotopic (exact) mass is 561 g/mol. The lowest BCUT2D eigenvalue weighted by atomic mass is 10.1. The Morgan fingerprint density at radius 1 is 1.00 bits per heavy atom. The predicted molar refractivity (Wildman–Crippen MR) is 143 cm³/mol. The number of rotatable bonds is 12. The Bertz CT molecular complexity index is 1130. The minimum Gasteiger partial charge on any atom is -0.354 e. The minimum atomic E-state index is -3.81. The summed E-state index contributed by atoms with van der Waals surface area (Å²) in [6, 6.07) is 10.3. The summed E-state index contributed by atoms with van der Waals surface area (Å²) in [7, 11) is -3.81. The fourth-order valence-corrected chi connectivity index (χ4v) is 4.78. The molecule has 1 N–H and O–H groups in total. The SMILES string of the molecule is CCCCNC(=O)[C@@H](CC)N(Cc1ccc(Cl)c(Cl)c1)C(=O)CN(c1ccc(Cl)cc1)S(C)(=O)=O. The van der Waals surface area contributed by atoms with Gasteiger partial charge in [0.05, 0.1) is 22.0 Å². The van der Waals surface area contributed by atoms with Gasteiger partial charge in [-0.25, -0.2) is 8.42 Å². The van der Waals surface area contributed by atoms with E-state index in [1.54, 1.807) is 37.3 Å². The Morgan fingerprint density at radius 3 is 2.20 bits per heavy atom. The summed E-state index contributed by atoms with van der Waals surface area (Å²) in [4.78, 5) is 28.0. The van der Waals surface area contributed by atoms with Crippen molar-refractivity contribution in [3.8, 4) is 0 Å². The highest BCUT2D eigenvalue weighted by Crippen LogP contribution is 2.25. The smallest absolute Gasteiger partial charge is 0.244 e. The molecule has 0 saturated heterocycles. The summed E-state index contributed by atoms with van der Waals surface area (Å²) in [5.74, 6) is -0.833. The normalized spacial score (nSPS) is 12.2. The van der Waals surface area contributed by atoms with Crippen molar-refractivity contribution < 1.29 is 18.0 Å². The van der Waals surface area contributed by atoms with E-state index in [2.05, 4.69) is 5.32 Å². The number of nitrogens with one attached hydrogen (secondary N) is 1. The zero-order valence-corrected chi connectivity index (χ0v) is 23.0. The van der Waals surface area contributed by atoms with E-state index in [1.165, 1.54) is 17.0 Å². The first-order chi connectivity index (χ1) is 16.5. The van der Waals surface area contributed by atoms with Gasteiger partial charge in [-0.05, 0) is 54.8 Å². The average Bonchev–Trinajstić information content (AvgIpc) is 2.79. The van der Waals surface area contributed by atoms with E-state index in [9.17, 15) is 18.0 Å². The van der Waals surface area contributed by atoms with Crippen molar-refractivity contribution in [1.82, 2.24) is 10.2 Å². The number of amides is 2. The van der Waals surface area contributed by atoms with Crippen molar-refractivity contribution in [1.29, 1.82) is 0 Å². The van der Waals surface area contributed by atoms with Crippen molar-refractivity contribution in [2.45, 2.75) is 45.7 Å². The average molecular weight is 563 g/mol. The van der Waals surface area contributed by atoms with E-state index in [4.69, 9.17) is 34.8 Å². The zero-order chi connectivity index (χ0) is 26.2. The molecule has 0 saturated carbocycles. The molecule has 2 aromatic carbocycles. The molecule has 2 amide bonds. The van der Waals surface area contributed by atoms with Crippen LogP contribution in [0.5, 0.6) is 0 Å². The number of sulfonamides is 1. The van der Waals surface area contributed by atoms with Crippen LogP contribution in [0.4, 0.5) is 5.69 Å². The third-order valence-electron chi connectivity index (χ3n) is 5.35. The summed E-state index contributed by atoms with van der Waals surface area (Å²) >= 11 is 18.1. The number of benzene rings is 2. The first kappa shape index (κ1) is 29.2. The van der Waals surface area contributed by atoms with Crippen LogP contribution in [0, 0.1) is 0 Å². The number of unbranched alkanes of at least 4 members (excludes halogenated alkanes) is 1. The largest absolute Gasteiger partial charge is 0.354 e. The van der Waals surface area contributed by atoms with Crippen molar-refractivity contribution >= 4 is 62.3 Å². The fraction of sp³-hybridized carbons (Fsp3) is 0.417. The molecule has 0 unspecified atom stereocenters. The Labute approximate surface area is 222 Å². The number of carbonyl (C=O) groups excluding carboxylic acids is 2. The van der Waals surface area contributed by atoms with Gasteiger partial charge < -0.3 is 10.2 Å². The van der Waals surface area contributed by atoms with Gasteiger partial charge in [-0.3, -0.25) is 13.9 Å². The number of nitrogens with zero attached hydrogens (tertiary/aromatic N) is 2. The van der Waals surface area contributed by atoms with Gasteiger partial charge in [0.15, 0.2) is 0 Å². The van der Waals surface area contributed by atoms with Crippen LogP contribution >= 0.6 is 34.8 Å². The van der Waals surface area contributed by atoms with Gasteiger partial charge in [0.25, 0.3) is 0 Å². The molecule has 0 aliphatic carbocycles. The second-order valence-corrected chi connectivity index (χ2v) is 11.2. The van der Waals surface area contributed by atoms with E-state index >= 15 is 0 Å². The van der Waals surface area contributed by atoms with Crippen LogP contribution in [-0.4, -0.2) is 50.5 Å². The molecule has 35 heavy (non-hydrogen) atoms. The second kappa shape index (κ2) is 13.3. The van der Waals surface area contributed by atoms with Crippen molar-refractivity contribution in [3.05, 3.63) is 63.1 Å². The molecule has 0 aliphatic heterocycles. The van der Waals surface area contributed by atoms with Crippen molar-refractivity contribution in [2.24, 2.45) is 0 Å². The van der Waals surface area contributed by atoms with Gasteiger partial charge in [-0.15, -0.1) is 0 Å². The Kier molecular flexibility index (Phi) is 11.1. The van der Waals surface area contributed by atoms with Gasteiger partial charge in [0.2, 0.25) is 21.8 Å². The fourth-order valence-electron chi connectivity index (χ4n) is 3.48. The predicted octanol–water partition coefficient (Wildman–Crippen LogP) is 5.14. The first-order valence-electron chi connectivity index (χ1n) is 11.2. The van der Waals surface area contributed by atoms with Crippen molar-refractivity contribution in [2.75, 3.05) is 23.7 Å². The molecule has 0 radical (unpaired) electrons. The van der Waals surface area contributed by atoms with Crippen LogP contribution in [-0.2, 0) is 26.2 Å². The van der Waals surface area contributed by atoms with Crippen LogP contribution in [0.1, 0.15) is 38.7 Å². The Morgan fingerprint density at radius 2 is 1.66 bits per heavy atom. The second-order valence-electron chi connectivity index (χ2n) is 8.08. The molecule has 0 bridgehead atoms. The highest BCUT2D eigenvalue weighted by molar-refractivity contribution is 7.92. The molecule has 0 spiro atoms. The van der Waals surface area contributed by atoms with E-state index in [0.717, 1.165) is 23.4 Å². The summed E-state index contributed by atoms with van der Waals surface area (Å²) in [5, 5.41) is 3.99. The lowest BCUT2D eigenvalue weighted by molar-refractivity contribution is -0.140. The van der Waals surface area contributed by atoms with Crippen molar-refractivity contribution in [3.63, 3.8) is 0 Å². The molecule has 1 atom stereocenters. The number of halogens is 3. The molecular weight excluding hydrogens is 533 g/mol. The third-order valence-corrected chi connectivity index (χ3v) is 7.48. The molecule has 2 aromatic rings. The summed E-state index contributed by atoms with van der Waals surface area (Å²) in [5.41, 5.74) is 0.949. The van der Waals surface area contributed by atoms with E-state index in [-0.39, 0.29) is 12.5 Å². The van der Waals surface area contributed by atoms with Gasteiger partial charge in [-0.2, -0.15) is 0 Å². The van der Waals surface area contributed by atoms with E-state index in [1.807, 2.05) is 6.92 Å². The van der Waals surface area contributed by atoms with Crippen LogP contribution in [0.15, 0.2) is 42.5 Å². The first-order valence-corrected chi connectivity index (χ1v) is 14.2. The Hall–Kier alpha value is -2.00. The maximum Gasteiger partial charge on any atom is 0.244 e. The van der Waals surface area contributed by atoms with Gasteiger partial charge in [0.1, 0.15) is 12.6 Å². The summed E-state index contributed by atoms with van der Waals surface area (Å²) in [6.45, 7) is 3.86. The number of hydrogen-bond acceptors (Lipinski definition) is 4. The van der Waals surface area contributed by atoms with Gasteiger partial charge in [-0.1, -0.05) is 61.1 Å². The molecule has 11 heteroatoms. The number of hydrogen-bond donors (Lipinski definition) is 1. The maximum atomic E-state index is 13.6. The minimum absolute atomic E-state index is 0.0493. The molecular formula is C24H30Cl3N3O4S. The molecule has 0 heterocycles. The highest BCUT2D eigenvalue weighted by Gasteiger charge is 2.31. The Balaban J connectivity index is 2.41. The molecule has 192 valence electrons. The third kappa shape index (κ3) is 8.56. The standard InChI is InChI=1S/C24H30Cl3N3O4S/c1-4-6-13-28-24(32)22(5-2)29(15-17-7-12-20(26)21(27)14-17)23(31)16-30(35(3,33)34)19-10-8-18(25)9-11-19/h7-12,14,22H,4-6,13,15-16H2,1-3H3,(H,28,32)/t22-/m1/s1. The van der Waals surface area contributed by atoms with Crippen LogP contribution < -0.4 is 9.62 Å². The van der Waals surface area contributed by atoms with Gasteiger partial charge in [0, 0.05) is 18.1 Å². The quantitative estimate of drug-likeness (QED) is 0.363. The number of carbonyl (C=O) groups is 2. The topological polar surface area (TPSA) is 86.8 Å². The van der Waals surface area contributed by atoms with Crippen LogP contribution in [0.3, 0.4) is 0 Å². The zero-order valence-electron chi connectivity index (χ0n) is 19.9. The molecule has 0 fully saturated rings. The van der Waals surface area contributed by atoms with E-state index < -0.39 is 28.5 Å². The summed E-state index contributed by atoms with van der Waals surface area (Å²) in [6.07, 6.45) is 3.08. The van der Waals surface area contributed by atoms with E-state index in [0.29, 0.717) is 39.3 Å². The van der Waals surface area contributed by atoms with Gasteiger partial charge >= 0.3 is 0 Å². The highest BCUT2D eigenvalue weighted by atomic mass is 35.5. The maximum absolute atomic E-state index is 13.6. The molecule has 7 nitrogen and oxygen atoms in total. The van der Waals surface area contributed by atoms with Crippen LogP contribution in [0.2, 0.25) is 15.1 Å². The molecule has 0 aliphatic rings. The lowest BCUT2D eigenvalue weighted by Gasteiger charge is -2.33. The molecule has 2 rings (SSSR count). The molecule has 0 aromatic heterocycles. The number of anilines is 1.